The third kappa shape index (κ3) is 2.42. The zero-order valence-electron chi connectivity index (χ0n) is 9.95. The van der Waals surface area contributed by atoms with Crippen molar-refractivity contribution in [1.29, 1.82) is 0 Å². The van der Waals surface area contributed by atoms with Gasteiger partial charge in [-0.15, -0.1) is 11.3 Å². The van der Waals surface area contributed by atoms with Crippen molar-refractivity contribution in [2.24, 2.45) is 0 Å². The maximum Gasteiger partial charge on any atom is 0.329 e. The molecule has 1 aromatic heterocycles. The molecule has 1 aromatic rings. The van der Waals surface area contributed by atoms with Gasteiger partial charge in [0, 0.05) is 30.9 Å². The maximum atomic E-state index is 11.4. The summed E-state index contributed by atoms with van der Waals surface area (Å²) in [6, 6.07) is 0. The standard InChI is InChI=1S/C11H16N2O3S/c1-7-8(2)17-10(12-7)13-11(9(14)15)3-5-16-6-4-11/h3-6H2,1-2H3,(H,12,13)(H,14,15). The molecule has 1 aliphatic heterocycles. The number of hydrogen-bond donors (Lipinski definition) is 2. The molecule has 0 atom stereocenters. The van der Waals surface area contributed by atoms with Crippen LogP contribution in [0.25, 0.3) is 0 Å². The lowest BCUT2D eigenvalue weighted by atomic mass is 9.90. The minimum Gasteiger partial charge on any atom is -0.480 e. The fourth-order valence-corrected chi connectivity index (χ4v) is 2.76. The number of carbonyl (C=O) groups is 1. The van der Waals surface area contributed by atoms with Crippen molar-refractivity contribution in [2.75, 3.05) is 18.5 Å². The van der Waals surface area contributed by atoms with E-state index in [2.05, 4.69) is 10.3 Å². The second-order valence-corrected chi connectivity index (χ2v) is 5.49. The Morgan fingerprint density at radius 2 is 2.12 bits per heavy atom. The van der Waals surface area contributed by atoms with Crippen LogP contribution in [0.4, 0.5) is 5.13 Å². The van der Waals surface area contributed by atoms with Gasteiger partial charge in [0.05, 0.1) is 5.69 Å². The number of carboxylic acid groups (broad SMARTS) is 1. The third-order valence-corrected chi connectivity index (χ3v) is 4.12. The Labute approximate surface area is 104 Å². The van der Waals surface area contributed by atoms with Crippen molar-refractivity contribution in [3.05, 3.63) is 10.6 Å². The number of thiazole rings is 1. The molecule has 2 rings (SSSR count). The van der Waals surface area contributed by atoms with E-state index in [-0.39, 0.29) is 0 Å². The zero-order chi connectivity index (χ0) is 12.5. The monoisotopic (exact) mass is 256 g/mol. The fraction of sp³-hybridized carbons (Fsp3) is 0.636. The van der Waals surface area contributed by atoms with Gasteiger partial charge in [-0.25, -0.2) is 9.78 Å². The molecule has 0 aliphatic carbocycles. The normalized spacial score (nSPS) is 18.9. The highest BCUT2D eigenvalue weighted by Crippen LogP contribution is 2.29. The van der Waals surface area contributed by atoms with Gasteiger partial charge in [0.25, 0.3) is 0 Å². The molecule has 1 fully saturated rings. The molecule has 1 saturated heterocycles. The van der Waals surface area contributed by atoms with E-state index in [1.54, 1.807) is 0 Å². The summed E-state index contributed by atoms with van der Waals surface area (Å²) in [6.07, 6.45) is 0.944. The first kappa shape index (κ1) is 12.3. The van der Waals surface area contributed by atoms with Gasteiger partial charge >= 0.3 is 5.97 Å². The van der Waals surface area contributed by atoms with E-state index >= 15 is 0 Å². The van der Waals surface area contributed by atoms with E-state index in [0.717, 1.165) is 10.6 Å². The first-order valence-electron chi connectivity index (χ1n) is 5.57. The van der Waals surface area contributed by atoms with Crippen LogP contribution >= 0.6 is 11.3 Å². The molecule has 94 valence electrons. The first-order valence-corrected chi connectivity index (χ1v) is 6.38. The molecule has 1 aliphatic rings. The highest BCUT2D eigenvalue weighted by molar-refractivity contribution is 7.15. The summed E-state index contributed by atoms with van der Waals surface area (Å²) >= 11 is 1.50. The molecule has 2 N–H and O–H groups in total. The molecule has 0 bridgehead atoms. The lowest BCUT2D eigenvalue weighted by Gasteiger charge is -2.33. The Bertz CT molecular complexity index is 405. The average Bonchev–Trinajstić information content (AvgIpc) is 2.59. The van der Waals surface area contributed by atoms with Gasteiger partial charge in [0.15, 0.2) is 5.13 Å². The van der Waals surface area contributed by atoms with Gasteiger partial charge in [-0.3, -0.25) is 0 Å². The highest BCUT2D eigenvalue weighted by atomic mass is 32.1. The van der Waals surface area contributed by atoms with Crippen LogP contribution in [0.1, 0.15) is 23.4 Å². The fourth-order valence-electron chi connectivity index (χ4n) is 1.84. The predicted octanol–water partition coefficient (Wildman–Crippen LogP) is 1.81. The summed E-state index contributed by atoms with van der Waals surface area (Å²) in [5.74, 6) is -0.827. The van der Waals surface area contributed by atoms with E-state index in [1.807, 2.05) is 13.8 Å². The lowest BCUT2D eigenvalue weighted by Crippen LogP contribution is -2.50. The van der Waals surface area contributed by atoms with Crippen LogP contribution in [-0.4, -0.2) is 34.8 Å². The smallest absolute Gasteiger partial charge is 0.329 e. The van der Waals surface area contributed by atoms with Crippen molar-refractivity contribution in [1.82, 2.24) is 4.98 Å². The Hall–Kier alpha value is -1.14. The SMILES string of the molecule is Cc1nc(NC2(C(=O)O)CCOCC2)sc1C. The number of aryl methyl sites for hydroxylation is 2. The van der Waals surface area contributed by atoms with E-state index in [1.165, 1.54) is 11.3 Å². The molecule has 17 heavy (non-hydrogen) atoms. The minimum absolute atomic E-state index is 0.472. The van der Waals surface area contributed by atoms with E-state index < -0.39 is 11.5 Å². The Morgan fingerprint density at radius 3 is 2.59 bits per heavy atom. The van der Waals surface area contributed by atoms with Crippen LogP contribution in [0.3, 0.4) is 0 Å². The number of aliphatic carboxylic acids is 1. The molecular formula is C11H16N2O3S. The van der Waals surface area contributed by atoms with Crippen molar-refractivity contribution >= 4 is 22.4 Å². The summed E-state index contributed by atoms with van der Waals surface area (Å²) in [5, 5.41) is 13.2. The second kappa shape index (κ2) is 4.62. The predicted molar refractivity (Wildman–Crippen MR) is 65.6 cm³/mol. The number of hydrogen-bond acceptors (Lipinski definition) is 5. The summed E-state index contributed by atoms with van der Waals surface area (Å²) in [4.78, 5) is 16.9. The molecule has 0 saturated carbocycles. The molecule has 6 heteroatoms. The highest BCUT2D eigenvalue weighted by Gasteiger charge is 2.40. The molecule has 5 nitrogen and oxygen atoms in total. The van der Waals surface area contributed by atoms with Gasteiger partial charge in [0.2, 0.25) is 0 Å². The van der Waals surface area contributed by atoms with Crippen molar-refractivity contribution < 1.29 is 14.6 Å². The van der Waals surface area contributed by atoms with Gasteiger partial charge in [-0.2, -0.15) is 0 Å². The summed E-state index contributed by atoms with van der Waals surface area (Å²) in [7, 11) is 0. The number of aromatic nitrogens is 1. The number of ether oxygens (including phenoxy) is 1. The van der Waals surface area contributed by atoms with Crippen LogP contribution in [0, 0.1) is 13.8 Å². The van der Waals surface area contributed by atoms with Crippen molar-refractivity contribution in [3.8, 4) is 0 Å². The molecule has 0 spiro atoms. The first-order chi connectivity index (χ1) is 8.03. The van der Waals surface area contributed by atoms with Crippen molar-refractivity contribution in [2.45, 2.75) is 32.2 Å². The number of rotatable bonds is 3. The van der Waals surface area contributed by atoms with Gasteiger partial charge in [-0.1, -0.05) is 0 Å². The number of nitrogens with zero attached hydrogens (tertiary/aromatic N) is 1. The van der Waals surface area contributed by atoms with Crippen LogP contribution in [-0.2, 0) is 9.53 Å². The lowest BCUT2D eigenvalue weighted by molar-refractivity contribution is -0.145. The van der Waals surface area contributed by atoms with E-state index in [0.29, 0.717) is 31.2 Å². The Morgan fingerprint density at radius 1 is 1.47 bits per heavy atom. The van der Waals surface area contributed by atoms with E-state index in [9.17, 15) is 9.90 Å². The van der Waals surface area contributed by atoms with Gasteiger partial charge in [0.1, 0.15) is 5.54 Å². The Balaban J connectivity index is 2.20. The van der Waals surface area contributed by atoms with Crippen LogP contribution in [0.2, 0.25) is 0 Å². The third-order valence-electron chi connectivity index (χ3n) is 3.13. The largest absolute Gasteiger partial charge is 0.480 e. The molecule has 0 aromatic carbocycles. The topological polar surface area (TPSA) is 71.5 Å². The van der Waals surface area contributed by atoms with Crippen LogP contribution in [0.15, 0.2) is 0 Å². The van der Waals surface area contributed by atoms with Crippen LogP contribution in [0.5, 0.6) is 0 Å². The van der Waals surface area contributed by atoms with Crippen LogP contribution < -0.4 is 5.32 Å². The number of anilines is 1. The minimum atomic E-state index is -0.922. The molecule has 0 radical (unpaired) electrons. The van der Waals surface area contributed by atoms with Crippen molar-refractivity contribution in [3.63, 3.8) is 0 Å². The Kier molecular flexibility index (Phi) is 3.35. The maximum absolute atomic E-state index is 11.4. The number of nitrogens with one attached hydrogen (secondary N) is 1. The quantitative estimate of drug-likeness (QED) is 0.863. The zero-order valence-corrected chi connectivity index (χ0v) is 10.8. The van der Waals surface area contributed by atoms with Gasteiger partial charge in [-0.05, 0) is 13.8 Å². The molecule has 2 heterocycles. The van der Waals surface area contributed by atoms with E-state index in [4.69, 9.17) is 4.74 Å². The molecule has 0 amide bonds. The average molecular weight is 256 g/mol. The molecule has 0 unspecified atom stereocenters. The molecular weight excluding hydrogens is 240 g/mol. The summed E-state index contributed by atoms with van der Waals surface area (Å²) < 4.78 is 5.22. The number of carboxylic acids is 1. The van der Waals surface area contributed by atoms with Gasteiger partial charge < -0.3 is 15.2 Å². The summed E-state index contributed by atoms with van der Waals surface area (Å²) in [5.41, 5.74) is 0.0275. The summed E-state index contributed by atoms with van der Waals surface area (Å²) in [6.45, 7) is 4.86. The second-order valence-electron chi connectivity index (χ2n) is 4.29.